The van der Waals surface area contributed by atoms with Gasteiger partial charge >= 0.3 is 5.97 Å². The van der Waals surface area contributed by atoms with Gasteiger partial charge in [-0.05, 0) is 55.8 Å². The van der Waals surface area contributed by atoms with E-state index in [9.17, 15) is 18.0 Å². The fourth-order valence-corrected chi connectivity index (χ4v) is 3.39. The summed E-state index contributed by atoms with van der Waals surface area (Å²) in [7, 11) is -3.76. The van der Waals surface area contributed by atoms with Crippen molar-refractivity contribution in [2.24, 2.45) is 5.14 Å². The van der Waals surface area contributed by atoms with Gasteiger partial charge in [0.15, 0.2) is 0 Å². The molecule has 1 aromatic carbocycles. The Balaban J connectivity index is 1.71. The minimum absolute atomic E-state index is 0.0166. The number of carboxylic acid groups (broad SMARTS) is 1. The lowest BCUT2D eigenvalue weighted by Crippen LogP contribution is -2.30. The summed E-state index contributed by atoms with van der Waals surface area (Å²) in [6, 6.07) is 11.2. The Morgan fingerprint density at radius 1 is 1.07 bits per heavy atom. The number of aromatic nitrogens is 1. The first-order valence-corrected chi connectivity index (χ1v) is 11.1. The quantitative estimate of drug-likeness (QED) is 0.432. The second kappa shape index (κ2) is 11.4. The number of sulfonamides is 1. The van der Waals surface area contributed by atoms with Crippen LogP contribution in [0.2, 0.25) is 0 Å². The number of pyridine rings is 1. The van der Waals surface area contributed by atoms with Gasteiger partial charge in [0.25, 0.3) is 0 Å². The summed E-state index contributed by atoms with van der Waals surface area (Å²) in [6.07, 6.45) is 4.18. The Morgan fingerprint density at radius 2 is 1.80 bits per heavy atom. The smallest absolute Gasteiger partial charge is 0.317 e. The van der Waals surface area contributed by atoms with Crippen LogP contribution in [0, 0.1) is 0 Å². The third-order valence-corrected chi connectivity index (χ3v) is 5.24. The summed E-state index contributed by atoms with van der Waals surface area (Å²) < 4.78 is 22.5. The van der Waals surface area contributed by atoms with Crippen LogP contribution >= 0.6 is 0 Å². The Bertz CT molecular complexity index is 933. The van der Waals surface area contributed by atoms with E-state index in [4.69, 9.17) is 10.2 Å². The SMILES string of the molecule is NS(=O)(=O)c1ccc(NC(=O)CCCCCN(CC(=O)O)Cc2ccccn2)cc1. The summed E-state index contributed by atoms with van der Waals surface area (Å²) in [6.45, 7) is 0.993. The molecule has 0 aliphatic rings. The van der Waals surface area contributed by atoms with Crippen LogP contribution in [-0.2, 0) is 26.2 Å². The number of unbranched alkanes of at least 4 members (excludes halogenated alkanes) is 2. The normalized spacial score (nSPS) is 11.4. The first-order chi connectivity index (χ1) is 14.2. The number of benzene rings is 1. The van der Waals surface area contributed by atoms with E-state index in [1.54, 1.807) is 6.20 Å². The Morgan fingerprint density at radius 3 is 2.40 bits per heavy atom. The number of hydrogen-bond acceptors (Lipinski definition) is 6. The number of hydrogen-bond donors (Lipinski definition) is 3. The number of carbonyl (C=O) groups is 2. The van der Waals surface area contributed by atoms with Crippen LogP contribution in [-0.4, -0.2) is 48.4 Å². The van der Waals surface area contributed by atoms with E-state index >= 15 is 0 Å². The largest absolute Gasteiger partial charge is 0.480 e. The lowest BCUT2D eigenvalue weighted by Gasteiger charge is -2.19. The standard InChI is InChI=1S/C20H26N4O5S/c21-30(28,29)18-10-8-16(9-11-18)23-19(25)7-2-1-5-13-24(15-20(26)27)14-17-6-3-4-12-22-17/h3-4,6,8-12H,1-2,5,7,13-15H2,(H,23,25)(H,26,27)(H2,21,28,29). The molecule has 1 aromatic heterocycles. The van der Waals surface area contributed by atoms with Crippen molar-refractivity contribution in [2.45, 2.75) is 37.1 Å². The highest BCUT2D eigenvalue weighted by molar-refractivity contribution is 7.89. The van der Waals surface area contributed by atoms with Crippen molar-refractivity contribution in [1.29, 1.82) is 0 Å². The van der Waals surface area contributed by atoms with Crippen LogP contribution in [0.4, 0.5) is 5.69 Å². The summed E-state index contributed by atoms with van der Waals surface area (Å²) >= 11 is 0. The van der Waals surface area contributed by atoms with Crippen molar-refractivity contribution in [2.75, 3.05) is 18.4 Å². The van der Waals surface area contributed by atoms with Gasteiger partial charge in [0.05, 0.1) is 17.1 Å². The highest BCUT2D eigenvalue weighted by Crippen LogP contribution is 2.13. The number of nitrogens with one attached hydrogen (secondary N) is 1. The molecule has 0 aliphatic heterocycles. The van der Waals surface area contributed by atoms with Crippen LogP contribution < -0.4 is 10.5 Å². The Hall–Kier alpha value is -2.82. The molecule has 0 spiro atoms. The van der Waals surface area contributed by atoms with Crippen molar-refractivity contribution >= 4 is 27.6 Å². The van der Waals surface area contributed by atoms with Gasteiger partial charge < -0.3 is 10.4 Å². The lowest BCUT2D eigenvalue weighted by atomic mass is 10.1. The zero-order valence-corrected chi connectivity index (χ0v) is 17.3. The van der Waals surface area contributed by atoms with Gasteiger partial charge in [-0.3, -0.25) is 19.5 Å². The van der Waals surface area contributed by atoms with Crippen molar-refractivity contribution in [3.05, 3.63) is 54.4 Å². The average Bonchev–Trinajstić information content (AvgIpc) is 2.67. The molecule has 0 aliphatic carbocycles. The summed E-state index contributed by atoms with van der Waals surface area (Å²) in [4.78, 5) is 29.1. The maximum atomic E-state index is 12.0. The maximum absolute atomic E-state index is 12.0. The molecule has 9 nitrogen and oxygen atoms in total. The van der Waals surface area contributed by atoms with E-state index < -0.39 is 16.0 Å². The van der Waals surface area contributed by atoms with E-state index in [1.807, 2.05) is 23.1 Å². The van der Waals surface area contributed by atoms with E-state index in [1.165, 1.54) is 24.3 Å². The maximum Gasteiger partial charge on any atom is 0.317 e. The van der Waals surface area contributed by atoms with Gasteiger partial charge in [-0.25, -0.2) is 13.6 Å². The van der Waals surface area contributed by atoms with Gasteiger partial charge in [0.2, 0.25) is 15.9 Å². The number of amides is 1. The summed E-state index contributed by atoms with van der Waals surface area (Å²) in [5.41, 5.74) is 1.31. The molecule has 4 N–H and O–H groups in total. The second-order valence-corrected chi connectivity index (χ2v) is 8.42. The second-order valence-electron chi connectivity index (χ2n) is 6.85. The van der Waals surface area contributed by atoms with E-state index in [2.05, 4.69) is 10.3 Å². The minimum atomic E-state index is -3.76. The zero-order valence-electron chi connectivity index (χ0n) is 16.5. The van der Waals surface area contributed by atoms with E-state index in [0.717, 1.165) is 18.5 Å². The zero-order chi connectivity index (χ0) is 22.0. The number of aliphatic carboxylic acids is 1. The predicted molar refractivity (Wildman–Crippen MR) is 112 cm³/mol. The molecule has 2 aromatic rings. The molecule has 30 heavy (non-hydrogen) atoms. The van der Waals surface area contributed by atoms with Crippen LogP contribution in [0.1, 0.15) is 31.4 Å². The van der Waals surface area contributed by atoms with Crippen molar-refractivity contribution < 1.29 is 23.1 Å². The molecule has 1 heterocycles. The fourth-order valence-electron chi connectivity index (χ4n) is 2.88. The van der Waals surface area contributed by atoms with Gasteiger partial charge in [-0.2, -0.15) is 0 Å². The van der Waals surface area contributed by atoms with Crippen LogP contribution in [0.15, 0.2) is 53.6 Å². The fraction of sp³-hybridized carbons (Fsp3) is 0.350. The van der Waals surface area contributed by atoms with Gasteiger partial charge in [0, 0.05) is 24.8 Å². The monoisotopic (exact) mass is 434 g/mol. The lowest BCUT2D eigenvalue weighted by molar-refractivity contribution is -0.138. The summed E-state index contributed by atoms with van der Waals surface area (Å²) in [5.74, 6) is -1.06. The molecule has 0 radical (unpaired) electrons. The van der Waals surface area contributed by atoms with E-state index in [0.29, 0.717) is 31.6 Å². The molecule has 1 amide bonds. The Labute approximate surface area is 176 Å². The average molecular weight is 435 g/mol. The predicted octanol–water partition coefficient (Wildman–Crippen LogP) is 1.81. The van der Waals surface area contributed by atoms with Crippen LogP contribution in [0.3, 0.4) is 0 Å². The van der Waals surface area contributed by atoms with Crippen molar-refractivity contribution in [1.82, 2.24) is 9.88 Å². The molecule has 0 fully saturated rings. The summed E-state index contributed by atoms with van der Waals surface area (Å²) in [5, 5.41) is 16.8. The minimum Gasteiger partial charge on any atom is -0.480 e. The number of nitrogens with two attached hydrogens (primary N) is 1. The third-order valence-electron chi connectivity index (χ3n) is 4.32. The first kappa shape index (κ1) is 23.5. The van der Waals surface area contributed by atoms with Gasteiger partial charge in [-0.1, -0.05) is 12.5 Å². The van der Waals surface area contributed by atoms with Gasteiger partial charge in [-0.15, -0.1) is 0 Å². The molecule has 0 atom stereocenters. The molecular weight excluding hydrogens is 408 g/mol. The van der Waals surface area contributed by atoms with Crippen LogP contribution in [0.5, 0.6) is 0 Å². The molecule has 0 saturated heterocycles. The number of carboxylic acids is 1. The molecule has 0 saturated carbocycles. The Kier molecular flexibility index (Phi) is 8.90. The highest BCUT2D eigenvalue weighted by atomic mass is 32.2. The van der Waals surface area contributed by atoms with E-state index in [-0.39, 0.29) is 17.3 Å². The number of nitrogens with zero attached hydrogens (tertiary/aromatic N) is 2. The topological polar surface area (TPSA) is 143 Å². The molecule has 10 heteroatoms. The molecule has 2 rings (SSSR count). The van der Waals surface area contributed by atoms with Crippen molar-refractivity contribution in [3.8, 4) is 0 Å². The first-order valence-electron chi connectivity index (χ1n) is 9.51. The number of carbonyl (C=O) groups excluding carboxylic acids is 1. The highest BCUT2D eigenvalue weighted by Gasteiger charge is 2.11. The number of anilines is 1. The molecule has 0 unspecified atom stereocenters. The third kappa shape index (κ3) is 8.68. The van der Waals surface area contributed by atoms with Gasteiger partial charge in [0.1, 0.15) is 0 Å². The van der Waals surface area contributed by atoms with Crippen LogP contribution in [0.25, 0.3) is 0 Å². The number of rotatable bonds is 12. The molecule has 162 valence electrons. The van der Waals surface area contributed by atoms with Crippen molar-refractivity contribution in [3.63, 3.8) is 0 Å². The molecule has 0 bridgehead atoms. The number of primary sulfonamides is 1. The molecular formula is C20H26N4O5S.